The molecule has 0 unspecified atom stereocenters. The molecule has 0 saturated heterocycles. The average molecular weight is 268 g/mol. The van der Waals surface area contributed by atoms with Gasteiger partial charge in [0.25, 0.3) is 10.0 Å². The molecule has 0 aliphatic heterocycles. The number of aromatic hydroxyl groups is 1. The van der Waals surface area contributed by atoms with E-state index in [2.05, 4.69) is 9.71 Å². The Bertz CT molecular complexity index is 659. The molecular formula is C11H9FN2O3S. The topological polar surface area (TPSA) is 79.3 Å². The Morgan fingerprint density at radius 1 is 1.28 bits per heavy atom. The third-order valence-electron chi connectivity index (χ3n) is 2.15. The van der Waals surface area contributed by atoms with Crippen LogP contribution in [0, 0.1) is 5.82 Å². The molecule has 0 bridgehead atoms. The first-order valence-electron chi connectivity index (χ1n) is 4.90. The Morgan fingerprint density at radius 3 is 2.67 bits per heavy atom. The van der Waals surface area contributed by atoms with Gasteiger partial charge < -0.3 is 5.11 Å². The van der Waals surface area contributed by atoms with Gasteiger partial charge in [-0.2, -0.15) is 0 Å². The van der Waals surface area contributed by atoms with Gasteiger partial charge >= 0.3 is 0 Å². The molecule has 1 aromatic carbocycles. The average Bonchev–Trinajstić information content (AvgIpc) is 2.34. The molecule has 1 aromatic heterocycles. The molecule has 0 saturated carbocycles. The molecular weight excluding hydrogens is 259 g/mol. The second-order valence-electron chi connectivity index (χ2n) is 3.46. The van der Waals surface area contributed by atoms with E-state index < -0.39 is 21.6 Å². The number of nitrogens with zero attached hydrogens (tertiary/aromatic N) is 1. The van der Waals surface area contributed by atoms with E-state index >= 15 is 0 Å². The summed E-state index contributed by atoms with van der Waals surface area (Å²) in [6.45, 7) is 0. The van der Waals surface area contributed by atoms with Crippen LogP contribution in [0.3, 0.4) is 0 Å². The van der Waals surface area contributed by atoms with Gasteiger partial charge in [0.2, 0.25) is 0 Å². The Labute approximate surface area is 103 Å². The molecule has 0 aliphatic carbocycles. The monoisotopic (exact) mass is 268 g/mol. The van der Waals surface area contributed by atoms with Gasteiger partial charge in [-0.1, -0.05) is 0 Å². The zero-order chi connectivity index (χ0) is 13.2. The first kappa shape index (κ1) is 12.3. The van der Waals surface area contributed by atoms with Crippen molar-refractivity contribution in [2.45, 2.75) is 4.90 Å². The SMILES string of the molecule is O=S(=O)(Nc1ccc(F)cc1O)c1cccnc1. The molecule has 0 atom stereocenters. The van der Waals surface area contributed by atoms with E-state index in [0.29, 0.717) is 0 Å². The molecule has 0 spiro atoms. The van der Waals surface area contributed by atoms with Crippen molar-refractivity contribution in [3.05, 3.63) is 48.5 Å². The fourth-order valence-electron chi connectivity index (χ4n) is 1.30. The number of phenolic OH excluding ortho intramolecular Hbond substituents is 1. The zero-order valence-corrected chi connectivity index (χ0v) is 9.86. The number of aromatic nitrogens is 1. The minimum Gasteiger partial charge on any atom is -0.506 e. The van der Waals surface area contributed by atoms with Crippen LogP contribution >= 0.6 is 0 Å². The van der Waals surface area contributed by atoms with Crippen LogP contribution in [0.1, 0.15) is 0 Å². The van der Waals surface area contributed by atoms with Gasteiger partial charge in [0.1, 0.15) is 16.5 Å². The second-order valence-corrected chi connectivity index (χ2v) is 5.14. The predicted molar refractivity (Wildman–Crippen MR) is 63.1 cm³/mol. The molecule has 94 valence electrons. The fraction of sp³-hybridized carbons (Fsp3) is 0. The number of hydrogen-bond donors (Lipinski definition) is 2. The van der Waals surface area contributed by atoms with Crippen molar-refractivity contribution in [2.24, 2.45) is 0 Å². The van der Waals surface area contributed by atoms with E-state index in [1.54, 1.807) is 0 Å². The maximum Gasteiger partial charge on any atom is 0.263 e. The van der Waals surface area contributed by atoms with Crippen molar-refractivity contribution in [2.75, 3.05) is 4.72 Å². The van der Waals surface area contributed by atoms with E-state index in [-0.39, 0.29) is 10.6 Å². The molecule has 0 fully saturated rings. The van der Waals surface area contributed by atoms with Crippen LogP contribution in [0.5, 0.6) is 5.75 Å². The van der Waals surface area contributed by atoms with Crippen LogP contribution in [0.25, 0.3) is 0 Å². The van der Waals surface area contributed by atoms with E-state index in [4.69, 9.17) is 0 Å². The summed E-state index contributed by atoms with van der Waals surface area (Å²) in [5.41, 5.74) is -0.0970. The third-order valence-corrected chi connectivity index (χ3v) is 3.50. The van der Waals surface area contributed by atoms with Crippen molar-refractivity contribution in [1.29, 1.82) is 0 Å². The summed E-state index contributed by atoms with van der Waals surface area (Å²) < 4.78 is 38.7. The number of rotatable bonds is 3. The number of sulfonamides is 1. The normalized spacial score (nSPS) is 11.2. The van der Waals surface area contributed by atoms with Crippen LogP contribution in [0.4, 0.5) is 10.1 Å². The van der Waals surface area contributed by atoms with Gasteiger partial charge in [0.05, 0.1) is 5.69 Å². The third kappa shape index (κ3) is 2.57. The highest BCUT2D eigenvalue weighted by Crippen LogP contribution is 2.26. The van der Waals surface area contributed by atoms with Crippen LogP contribution in [-0.4, -0.2) is 18.5 Å². The predicted octanol–water partition coefficient (Wildman–Crippen LogP) is 1.73. The first-order valence-corrected chi connectivity index (χ1v) is 6.39. The molecule has 0 radical (unpaired) electrons. The first-order chi connectivity index (χ1) is 8.49. The Morgan fingerprint density at radius 2 is 2.06 bits per heavy atom. The lowest BCUT2D eigenvalue weighted by Crippen LogP contribution is -2.13. The van der Waals surface area contributed by atoms with Crippen molar-refractivity contribution >= 4 is 15.7 Å². The summed E-state index contributed by atoms with van der Waals surface area (Å²) >= 11 is 0. The largest absolute Gasteiger partial charge is 0.506 e. The van der Waals surface area contributed by atoms with Gasteiger partial charge in [0.15, 0.2) is 0 Å². The fourth-order valence-corrected chi connectivity index (χ4v) is 2.34. The summed E-state index contributed by atoms with van der Waals surface area (Å²) in [5.74, 6) is -1.14. The number of anilines is 1. The number of halogens is 1. The molecule has 1 heterocycles. The number of pyridine rings is 1. The van der Waals surface area contributed by atoms with Crippen molar-refractivity contribution < 1.29 is 17.9 Å². The molecule has 0 amide bonds. The molecule has 0 aliphatic rings. The van der Waals surface area contributed by atoms with E-state index in [0.717, 1.165) is 18.2 Å². The smallest absolute Gasteiger partial charge is 0.263 e. The Balaban J connectivity index is 2.34. The van der Waals surface area contributed by atoms with E-state index in [9.17, 15) is 17.9 Å². The van der Waals surface area contributed by atoms with Gasteiger partial charge in [-0.05, 0) is 24.3 Å². The van der Waals surface area contributed by atoms with Crippen molar-refractivity contribution in [3.8, 4) is 5.75 Å². The van der Waals surface area contributed by atoms with Crippen molar-refractivity contribution in [1.82, 2.24) is 4.98 Å². The molecule has 18 heavy (non-hydrogen) atoms. The standard InChI is InChI=1S/C11H9FN2O3S/c12-8-3-4-10(11(15)6-8)14-18(16,17)9-2-1-5-13-7-9/h1-7,14-15H. The van der Waals surface area contributed by atoms with Crippen LogP contribution in [-0.2, 0) is 10.0 Å². The molecule has 7 heteroatoms. The Kier molecular flexibility index (Phi) is 3.15. The minimum absolute atomic E-state index is 0.0475. The lowest BCUT2D eigenvalue weighted by molar-refractivity contribution is 0.471. The highest BCUT2D eigenvalue weighted by Gasteiger charge is 2.16. The molecule has 5 nitrogen and oxygen atoms in total. The van der Waals surface area contributed by atoms with Crippen LogP contribution in [0.2, 0.25) is 0 Å². The minimum atomic E-state index is -3.84. The summed E-state index contributed by atoms with van der Waals surface area (Å²) in [6, 6.07) is 5.83. The number of nitrogens with one attached hydrogen (secondary N) is 1. The summed E-state index contributed by atoms with van der Waals surface area (Å²) in [5, 5.41) is 9.42. The number of hydrogen-bond acceptors (Lipinski definition) is 4. The van der Waals surface area contributed by atoms with Gasteiger partial charge in [-0.25, -0.2) is 12.8 Å². The second kappa shape index (κ2) is 4.61. The maximum absolute atomic E-state index is 12.8. The molecule has 2 rings (SSSR count). The van der Waals surface area contributed by atoms with Gasteiger partial charge in [-0.3, -0.25) is 9.71 Å². The van der Waals surface area contributed by atoms with Gasteiger partial charge in [-0.15, -0.1) is 0 Å². The Hall–Kier alpha value is -2.15. The highest BCUT2D eigenvalue weighted by atomic mass is 32.2. The number of phenols is 1. The number of benzene rings is 1. The summed E-state index contributed by atoms with van der Waals surface area (Å²) in [6.07, 6.45) is 2.61. The van der Waals surface area contributed by atoms with Crippen molar-refractivity contribution in [3.63, 3.8) is 0 Å². The van der Waals surface area contributed by atoms with Gasteiger partial charge in [0, 0.05) is 18.5 Å². The van der Waals surface area contributed by atoms with E-state index in [1.165, 1.54) is 24.5 Å². The zero-order valence-electron chi connectivity index (χ0n) is 9.04. The molecule has 2 N–H and O–H groups in total. The lowest BCUT2D eigenvalue weighted by Gasteiger charge is -2.09. The lowest BCUT2D eigenvalue weighted by atomic mass is 10.3. The van der Waals surface area contributed by atoms with E-state index in [1.807, 2.05) is 0 Å². The highest BCUT2D eigenvalue weighted by molar-refractivity contribution is 7.92. The summed E-state index contributed by atoms with van der Waals surface area (Å²) in [7, 11) is -3.84. The molecule has 2 aromatic rings. The van der Waals surface area contributed by atoms with Crippen LogP contribution < -0.4 is 4.72 Å². The summed E-state index contributed by atoms with van der Waals surface area (Å²) in [4.78, 5) is 3.64. The maximum atomic E-state index is 12.8. The van der Waals surface area contributed by atoms with Crippen LogP contribution in [0.15, 0.2) is 47.6 Å². The quantitative estimate of drug-likeness (QED) is 0.831.